The van der Waals surface area contributed by atoms with Gasteiger partial charge in [-0.15, -0.1) is 0 Å². The molecule has 0 unspecified atom stereocenters. The zero-order valence-corrected chi connectivity index (χ0v) is 17.4. The maximum absolute atomic E-state index is 12.6. The van der Waals surface area contributed by atoms with E-state index < -0.39 is 28.5 Å². The highest BCUT2D eigenvalue weighted by Gasteiger charge is 2.29. The summed E-state index contributed by atoms with van der Waals surface area (Å²) in [5, 5.41) is 2.83. The second-order valence-electron chi connectivity index (χ2n) is 7.03. The van der Waals surface area contributed by atoms with Gasteiger partial charge in [0.05, 0.1) is 15.5 Å². The van der Waals surface area contributed by atoms with Crippen molar-refractivity contribution in [2.24, 2.45) is 5.92 Å². The Balaban J connectivity index is 2.08. The van der Waals surface area contributed by atoms with Crippen molar-refractivity contribution in [3.8, 4) is 0 Å². The predicted molar refractivity (Wildman–Crippen MR) is 102 cm³/mol. The van der Waals surface area contributed by atoms with Gasteiger partial charge in [-0.2, -0.15) is 4.31 Å². The molecule has 1 amide bonds. The molecule has 1 atom stereocenters. The predicted octanol–water partition coefficient (Wildman–Crippen LogP) is 2.44. The minimum Gasteiger partial charge on any atom is -0.452 e. The van der Waals surface area contributed by atoms with Gasteiger partial charge in [0, 0.05) is 19.1 Å². The molecule has 0 saturated heterocycles. The van der Waals surface area contributed by atoms with Crippen LogP contribution in [0, 0.1) is 5.92 Å². The summed E-state index contributed by atoms with van der Waals surface area (Å²) in [6.07, 6.45) is 2.17. The van der Waals surface area contributed by atoms with E-state index in [1.807, 2.05) is 6.92 Å². The highest BCUT2D eigenvalue weighted by molar-refractivity contribution is 7.89. The zero-order chi connectivity index (χ0) is 20.4. The largest absolute Gasteiger partial charge is 0.452 e. The average molecular weight is 417 g/mol. The van der Waals surface area contributed by atoms with Gasteiger partial charge >= 0.3 is 5.97 Å². The molecule has 27 heavy (non-hydrogen) atoms. The fourth-order valence-electron chi connectivity index (χ4n) is 2.48. The van der Waals surface area contributed by atoms with E-state index in [1.54, 1.807) is 13.8 Å². The summed E-state index contributed by atoms with van der Waals surface area (Å²) in [6.45, 7) is 4.94. The monoisotopic (exact) mass is 416 g/mol. The van der Waals surface area contributed by atoms with Crippen LogP contribution < -0.4 is 5.32 Å². The van der Waals surface area contributed by atoms with Crippen molar-refractivity contribution >= 4 is 33.5 Å². The Morgan fingerprint density at radius 1 is 1.30 bits per heavy atom. The third kappa shape index (κ3) is 5.43. The van der Waals surface area contributed by atoms with Gasteiger partial charge in [-0.25, -0.2) is 13.2 Å². The SMILES string of the molecule is CC(C)N(C)S(=O)(=O)c1ccc(Cl)c(C(=O)OCC(=O)N[C@@H](C)C2CC2)c1. The number of nitrogens with one attached hydrogen (secondary N) is 1. The Morgan fingerprint density at radius 2 is 1.93 bits per heavy atom. The number of benzene rings is 1. The van der Waals surface area contributed by atoms with Crippen molar-refractivity contribution < 1.29 is 22.7 Å². The molecule has 0 aromatic heterocycles. The second-order valence-corrected chi connectivity index (χ2v) is 9.43. The standard InChI is InChI=1S/C18H25ClN2O5S/c1-11(2)21(4)27(24,25)14-7-8-16(19)15(9-14)18(23)26-10-17(22)20-12(3)13-5-6-13/h7-9,11-13H,5-6,10H2,1-4H3,(H,20,22)/t12-/m0/s1. The minimum atomic E-state index is -3.77. The highest BCUT2D eigenvalue weighted by atomic mass is 35.5. The lowest BCUT2D eigenvalue weighted by Crippen LogP contribution is -2.37. The summed E-state index contributed by atoms with van der Waals surface area (Å²) in [5.74, 6) is -0.764. The van der Waals surface area contributed by atoms with Crippen LogP contribution in [0.3, 0.4) is 0 Å². The molecule has 0 radical (unpaired) electrons. The Kier molecular flexibility index (Phi) is 6.88. The van der Waals surface area contributed by atoms with E-state index in [0.29, 0.717) is 5.92 Å². The number of carbonyl (C=O) groups is 2. The summed E-state index contributed by atoms with van der Waals surface area (Å²) < 4.78 is 31.4. The van der Waals surface area contributed by atoms with E-state index in [2.05, 4.69) is 5.32 Å². The molecule has 1 N–H and O–H groups in total. The number of rotatable bonds is 8. The highest BCUT2D eigenvalue weighted by Crippen LogP contribution is 2.32. The Bertz CT molecular complexity index is 821. The van der Waals surface area contributed by atoms with E-state index in [-0.39, 0.29) is 27.6 Å². The molecular weight excluding hydrogens is 392 g/mol. The molecule has 9 heteroatoms. The molecule has 0 spiro atoms. The minimum absolute atomic E-state index is 0.0415. The number of amides is 1. The van der Waals surface area contributed by atoms with Crippen LogP contribution in [0.25, 0.3) is 0 Å². The number of nitrogens with zero attached hydrogens (tertiary/aromatic N) is 1. The molecule has 0 heterocycles. The maximum Gasteiger partial charge on any atom is 0.340 e. The van der Waals surface area contributed by atoms with Gasteiger partial charge in [-0.3, -0.25) is 4.79 Å². The summed E-state index contributed by atoms with van der Waals surface area (Å²) in [4.78, 5) is 24.1. The van der Waals surface area contributed by atoms with Crippen LogP contribution >= 0.6 is 11.6 Å². The fraction of sp³-hybridized carbons (Fsp3) is 0.556. The molecule has 7 nitrogen and oxygen atoms in total. The quantitative estimate of drug-likeness (QED) is 0.657. The van der Waals surface area contributed by atoms with Crippen molar-refractivity contribution in [3.63, 3.8) is 0 Å². The van der Waals surface area contributed by atoms with Gasteiger partial charge in [-0.1, -0.05) is 11.6 Å². The number of halogens is 1. The number of sulfonamides is 1. The number of hydrogen-bond donors (Lipinski definition) is 1. The lowest BCUT2D eigenvalue weighted by molar-refractivity contribution is -0.124. The molecule has 150 valence electrons. The maximum atomic E-state index is 12.6. The van der Waals surface area contributed by atoms with E-state index in [0.717, 1.165) is 12.8 Å². The summed E-state index contributed by atoms with van der Waals surface area (Å²) in [6, 6.07) is 3.62. The van der Waals surface area contributed by atoms with E-state index in [9.17, 15) is 18.0 Å². The Hall–Kier alpha value is -1.64. The summed E-state index contributed by atoms with van der Waals surface area (Å²) >= 11 is 6.02. The smallest absolute Gasteiger partial charge is 0.340 e. The number of ether oxygens (including phenoxy) is 1. The Labute approximate surface area is 165 Å². The van der Waals surface area contributed by atoms with Crippen molar-refractivity contribution in [2.75, 3.05) is 13.7 Å². The van der Waals surface area contributed by atoms with Crippen molar-refractivity contribution in [1.29, 1.82) is 0 Å². The van der Waals surface area contributed by atoms with Gasteiger partial charge < -0.3 is 10.1 Å². The normalized spacial score (nSPS) is 15.7. The molecule has 1 aromatic carbocycles. The molecule has 1 aliphatic carbocycles. The lowest BCUT2D eigenvalue weighted by atomic mass is 10.2. The lowest BCUT2D eigenvalue weighted by Gasteiger charge is -2.21. The van der Waals surface area contributed by atoms with E-state index in [1.165, 1.54) is 29.6 Å². The Morgan fingerprint density at radius 3 is 2.48 bits per heavy atom. The molecule has 1 aromatic rings. The molecule has 1 fully saturated rings. The van der Waals surface area contributed by atoms with Crippen molar-refractivity contribution in [2.45, 2.75) is 50.6 Å². The average Bonchev–Trinajstić information content (AvgIpc) is 3.44. The van der Waals surface area contributed by atoms with Crippen LogP contribution in [0.4, 0.5) is 0 Å². The van der Waals surface area contributed by atoms with Crippen LogP contribution in [0.2, 0.25) is 5.02 Å². The molecule has 2 rings (SSSR count). The van der Waals surface area contributed by atoms with Crippen LogP contribution in [0.15, 0.2) is 23.1 Å². The summed E-state index contributed by atoms with van der Waals surface area (Å²) in [5.41, 5.74) is -0.0991. The van der Waals surface area contributed by atoms with Crippen LogP contribution in [-0.2, 0) is 19.6 Å². The topological polar surface area (TPSA) is 92.8 Å². The molecular formula is C18H25ClN2O5S. The third-order valence-electron chi connectivity index (χ3n) is 4.61. The fourth-order valence-corrected chi connectivity index (χ4v) is 4.07. The number of esters is 1. The first-order chi connectivity index (χ1) is 12.5. The summed E-state index contributed by atoms with van der Waals surface area (Å²) in [7, 11) is -2.32. The van der Waals surface area contributed by atoms with Gasteiger partial charge in [0.1, 0.15) is 0 Å². The van der Waals surface area contributed by atoms with Crippen LogP contribution in [-0.4, -0.2) is 50.3 Å². The number of hydrogen-bond acceptors (Lipinski definition) is 5. The van der Waals surface area contributed by atoms with Crippen molar-refractivity contribution in [1.82, 2.24) is 9.62 Å². The van der Waals surface area contributed by atoms with Gasteiger partial charge in [0.2, 0.25) is 10.0 Å². The third-order valence-corrected chi connectivity index (χ3v) is 6.97. The molecule has 0 aliphatic heterocycles. The van der Waals surface area contributed by atoms with Gasteiger partial charge in [0.15, 0.2) is 6.61 Å². The van der Waals surface area contributed by atoms with Crippen LogP contribution in [0.1, 0.15) is 44.0 Å². The molecule has 1 saturated carbocycles. The first-order valence-electron chi connectivity index (χ1n) is 8.78. The van der Waals surface area contributed by atoms with E-state index >= 15 is 0 Å². The zero-order valence-electron chi connectivity index (χ0n) is 15.9. The molecule has 0 bridgehead atoms. The first kappa shape index (κ1) is 21.7. The van der Waals surface area contributed by atoms with E-state index in [4.69, 9.17) is 16.3 Å². The van der Waals surface area contributed by atoms with Crippen LogP contribution in [0.5, 0.6) is 0 Å². The number of carbonyl (C=O) groups excluding carboxylic acids is 2. The second kappa shape index (κ2) is 8.58. The van der Waals surface area contributed by atoms with Gasteiger partial charge in [-0.05, 0) is 57.7 Å². The molecule has 1 aliphatic rings. The first-order valence-corrected chi connectivity index (χ1v) is 10.6. The van der Waals surface area contributed by atoms with Crippen molar-refractivity contribution in [3.05, 3.63) is 28.8 Å². The van der Waals surface area contributed by atoms with Gasteiger partial charge in [0.25, 0.3) is 5.91 Å².